The predicted octanol–water partition coefficient (Wildman–Crippen LogP) is 2.70. The molecule has 0 saturated heterocycles. The number of sulfonamides is 1. The van der Waals surface area contributed by atoms with Crippen LogP contribution in [0.1, 0.15) is 0 Å². The van der Waals surface area contributed by atoms with Crippen LogP contribution in [0.2, 0.25) is 0 Å². The van der Waals surface area contributed by atoms with Gasteiger partial charge in [0.2, 0.25) is 0 Å². The zero-order chi connectivity index (χ0) is 16.5. The van der Waals surface area contributed by atoms with Gasteiger partial charge in [0.1, 0.15) is 11.6 Å². The summed E-state index contributed by atoms with van der Waals surface area (Å²) in [6, 6.07) is 6.80. The Kier molecular flexibility index (Phi) is 4.09. The molecule has 0 radical (unpaired) electrons. The molecule has 2 rings (SSSR count). The molecule has 0 unspecified atom stereocenters. The average molecular weight is 328 g/mol. The van der Waals surface area contributed by atoms with Crippen LogP contribution in [-0.2, 0) is 10.0 Å². The predicted molar refractivity (Wildman–Crippen MR) is 75.0 cm³/mol. The Hall–Kier alpha value is -2.55. The molecule has 0 bridgehead atoms. The van der Waals surface area contributed by atoms with E-state index >= 15 is 0 Å². The summed E-state index contributed by atoms with van der Waals surface area (Å²) in [6.07, 6.45) is 0. The van der Waals surface area contributed by atoms with Gasteiger partial charge >= 0.3 is 0 Å². The molecule has 2 aromatic rings. The second kappa shape index (κ2) is 5.68. The zero-order valence-corrected chi connectivity index (χ0v) is 12.0. The lowest BCUT2D eigenvalue weighted by atomic mass is 10.3. The standard InChI is InChI=1S/C13H10F2N2O4S/c1-16(13-6-5-9(14)7-12(13)15)22(20,21)11-4-2-3-10(8-11)17(18)19/h2-8H,1H3. The van der Waals surface area contributed by atoms with E-state index in [1.807, 2.05) is 0 Å². The molecule has 0 aliphatic carbocycles. The minimum absolute atomic E-state index is 0.368. The van der Waals surface area contributed by atoms with E-state index in [0.29, 0.717) is 10.4 Å². The Morgan fingerprint density at radius 3 is 2.41 bits per heavy atom. The van der Waals surface area contributed by atoms with Gasteiger partial charge in [-0.05, 0) is 18.2 Å². The Bertz CT molecular complexity index is 840. The molecule has 0 spiro atoms. The second-order valence-electron chi connectivity index (χ2n) is 4.32. The van der Waals surface area contributed by atoms with Crippen molar-refractivity contribution in [2.75, 3.05) is 11.4 Å². The number of hydrogen-bond acceptors (Lipinski definition) is 4. The number of nitro groups is 1. The van der Waals surface area contributed by atoms with Crippen molar-refractivity contribution >= 4 is 21.4 Å². The number of halogens is 2. The average Bonchev–Trinajstić information content (AvgIpc) is 2.46. The molecule has 2 aromatic carbocycles. The maximum Gasteiger partial charge on any atom is 0.270 e. The number of rotatable bonds is 4. The Morgan fingerprint density at radius 1 is 1.14 bits per heavy atom. The van der Waals surface area contributed by atoms with Crippen LogP contribution in [0, 0.1) is 21.7 Å². The molecular formula is C13H10F2N2O4S. The third kappa shape index (κ3) is 2.89. The normalized spacial score (nSPS) is 11.2. The fourth-order valence-electron chi connectivity index (χ4n) is 1.78. The third-order valence-corrected chi connectivity index (χ3v) is 4.70. The van der Waals surface area contributed by atoms with Crippen molar-refractivity contribution < 1.29 is 22.1 Å². The number of benzene rings is 2. The summed E-state index contributed by atoms with van der Waals surface area (Å²) in [5, 5.41) is 10.7. The Morgan fingerprint density at radius 2 is 1.82 bits per heavy atom. The summed E-state index contributed by atoms with van der Waals surface area (Å²) >= 11 is 0. The van der Waals surface area contributed by atoms with Crippen LogP contribution < -0.4 is 4.31 Å². The van der Waals surface area contributed by atoms with Gasteiger partial charge in [0.15, 0.2) is 0 Å². The highest BCUT2D eigenvalue weighted by Crippen LogP contribution is 2.26. The smallest absolute Gasteiger partial charge is 0.266 e. The van der Waals surface area contributed by atoms with Gasteiger partial charge in [0.25, 0.3) is 15.7 Å². The monoisotopic (exact) mass is 328 g/mol. The minimum atomic E-state index is -4.22. The first-order valence-electron chi connectivity index (χ1n) is 5.92. The van der Waals surface area contributed by atoms with Gasteiger partial charge in [-0.1, -0.05) is 6.07 Å². The third-order valence-electron chi connectivity index (χ3n) is 2.94. The van der Waals surface area contributed by atoms with Crippen molar-refractivity contribution in [2.45, 2.75) is 4.90 Å². The summed E-state index contributed by atoms with van der Waals surface area (Å²) in [4.78, 5) is 9.60. The minimum Gasteiger partial charge on any atom is -0.266 e. The van der Waals surface area contributed by atoms with E-state index < -0.39 is 32.3 Å². The molecule has 0 aromatic heterocycles. The van der Waals surface area contributed by atoms with Crippen molar-refractivity contribution in [3.05, 3.63) is 64.2 Å². The zero-order valence-electron chi connectivity index (χ0n) is 11.2. The molecule has 0 fully saturated rings. The summed E-state index contributed by atoms with van der Waals surface area (Å²) in [7, 11) is -3.14. The summed E-state index contributed by atoms with van der Waals surface area (Å²) < 4.78 is 52.0. The highest BCUT2D eigenvalue weighted by atomic mass is 32.2. The molecule has 9 heteroatoms. The van der Waals surface area contributed by atoms with E-state index in [0.717, 1.165) is 37.4 Å². The lowest BCUT2D eigenvalue weighted by Crippen LogP contribution is -2.27. The van der Waals surface area contributed by atoms with E-state index in [1.54, 1.807) is 0 Å². The van der Waals surface area contributed by atoms with Crippen molar-refractivity contribution in [2.24, 2.45) is 0 Å². The van der Waals surface area contributed by atoms with Crippen LogP contribution in [0.15, 0.2) is 47.4 Å². The summed E-state index contributed by atoms with van der Waals surface area (Å²) in [5.41, 5.74) is -0.776. The summed E-state index contributed by atoms with van der Waals surface area (Å²) in [6.45, 7) is 0. The lowest BCUT2D eigenvalue weighted by Gasteiger charge is -2.19. The van der Waals surface area contributed by atoms with Crippen molar-refractivity contribution in [1.82, 2.24) is 0 Å². The van der Waals surface area contributed by atoms with Crippen LogP contribution in [-0.4, -0.2) is 20.4 Å². The van der Waals surface area contributed by atoms with E-state index in [4.69, 9.17) is 0 Å². The van der Waals surface area contributed by atoms with Crippen molar-refractivity contribution in [3.63, 3.8) is 0 Å². The molecule has 22 heavy (non-hydrogen) atoms. The van der Waals surface area contributed by atoms with E-state index in [2.05, 4.69) is 0 Å². The van der Waals surface area contributed by atoms with Gasteiger partial charge in [-0.3, -0.25) is 14.4 Å². The summed E-state index contributed by atoms with van der Waals surface area (Å²) in [5.74, 6) is -1.90. The molecule has 0 atom stereocenters. The number of hydrogen-bond donors (Lipinski definition) is 0. The maximum absolute atomic E-state index is 13.7. The van der Waals surface area contributed by atoms with Crippen LogP contribution in [0.25, 0.3) is 0 Å². The number of anilines is 1. The molecule has 0 amide bonds. The first kappa shape index (κ1) is 15.8. The fourth-order valence-corrected chi connectivity index (χ4v) is 3.03. The molecule has 6 nitrogen and oxygen atoms in total. The quantitative estimate of drug-likeness (QED) is 0.638. The van der Waals surface area contributed by atoms with Gasteiger partial charge < -0.3 is 0 Å². The van der Waals surface area contributed by atoms with Crippen molar-refractivity contribution in [1.29, 1.82) is 0 Å². The van der Waals surface area contributed by atoms with Crippen LogP contribution in [0.3, 0.4) is 0 Å². The van der Waals surface area contributed by atoms with Crippen molar-refractivity contribution in [3.8, 4) is 0 Å². The molecule has 0 N–H and O–H groups in total. The molecular weight excluding hydrogens is 318 g/mol. The topological polar surface area (TPSA) is 80.5 Å². The Labute approximate surface area is 124 Å². The Balaban J connectivity index is 2.49. The fraction of sp³-hybridized carbons (Fsp3) is 0.0769. The second-order valence-corrected chi connectivity index (χ2v) is 6.29. The number of nitrogens with zero attached hydrogens (tertiary/aromatic N) is 2. The van der Waals surface area contributed by atoms with E-state index in [-0.39, 0.29) is 10.6 Å². The molecule has 0 aliphatic heterocycles. The lowest BCUT2D eigenvalue weighted by molar-refractivity contribution is -0.385. The molecule has 0 heterocycles. The SMILES string of the molecule is CN(c1ccc(F)cc1F)S(=O)(=O)c1cccc([N+](=O)[O-])c1. The van der Waals surface area contributed by atoms with Gasteiger partial charge in [0, 0.05) is 25.2 Å². The first-order valence-corrected chi connectivity index (χ1v) is 7.36. The molecule has 0 saturated carbocycles. The van der Waals surface area contributed by atoms with Crippen LogP contribution in [0.5, 0.6) is 0 Å². The van der Waals surface area contributed by atoms with Crippen LogP contribution >= 0.6 is 0 Å². The van der Waals surface area contributed by atoms with Crippen LogP contribution in [0.4, 0.5) is 20.2 Å². The molecule has 0 aliphatic rings. The van der Waals surface area contributed by atoms with E-state index in [1.165, 1.54) is 6.07 Å². The molecule has 116 valence electrons. The highest BCUT2D eigenvalue weighted by Gasteiger charge is 2.25. The van der Waals surface area contributed by atoms with Gasteiger partial charge in [-0.15, -0.1) is 0 Å². The largest absolute Gasteiger partial charge is 0.270 e. The van der Waals surface area contributed by atoms with Gasteiger partial charge in [-0.2, -0.15) is 0 Å². The number of nitro benzene ring substituents is 1. The number of non-ortho nitro benzene ring substituents is 1. The highest BCUT2D eigenvalue weighted by molar-refractivity contribution is 7.92. The van der Waals surface area contributed by atoms with E-state index in [9.17, 15) is 27.3 Å². The van der Waals surface area contributed by atoms with Gasteiger partial charge in [-0.25, -0.2) is 17.2 Å². The maximum atomic E-state index is 13.7. The first-order chi connectivity index (χ1) is 10.2. The van der Waals surface area contributed by atoms with Gasteiger partial charge in [0.05, 0.1) is 15.5 Å².